The van der Waals surface area contributed by atoms with E-state index in [9.17, 15) is 4.79 Å². The topological polar surface area (TPSA) is 66.8 Å². The maximum atomic E-state index is 10.2. The number of aliphatic hydroxyl groups excluding tert-OH is 1. The van der Waals surface area contributed by atoms with Crippen molar-refractivity contribution in [2.24, 2.45) is 0 Å². The minimum Gasteiger partial charge on any atom is -0.462 e. The van der Waals surface area contributed by atoms with Crippen LogP contribution in [0.25, 0.3) is 0 Å². The molecular weight excluding hydrogens is 148 g/mol. The van der Waals surface area contributed by atoms with Crippen LogP contribution in [0.3, 0.4) is 0 Å². The maximum Gasteiger partial charge on any atom is 0.302 e. The average molecular weight is 160 g/mol. The van der Waals surface area contributed by atoms with Crippen LogP contribution in [-0.2, 0) is 9.53 Å². The summed E-state index contributed by atoms with van der Waals surface area (Å²) < 4.78 is 4.53. The van der Waals surface area contributed by atoms with Crippen LogP contribution in [0.15, 0.2) is 11.6 Å². The zero-order valence-corrected chi connectivity index (χ0v) is 6.57. The lowest BCUT2D eigenvalue weighted by molar-refractivity contribution is -0.139. The second-order valence-corrected chi connectivity index (χ2v) is 2.12. The van der Waals surface area contributed by atoms with E-state index in [-0.39, 0.29) is 12.6 Å². The van der Waals surface area contributed by atoms with E-state index in [2.05, 4.69) is 4.74 Å². The zero-order chi connectivity index (χ0) is 8.85. The Morgan fingerprint density at radius 2 is 2.09 bits per heavy atom. The molecule has 64 valence electrons. The number of esters is 1. The molecule has 0 aromatic carbocycles. The molecule has 0 aromatic rings. The van der Waals surface area contributed by atoms with Gasteiger partial charge < -0.3 is 14.9 Å². The summed E-state index contributed by atoms with van der Waals surface area (Å²) >= 11 is 0. The minimum absolute atomic E-state index is 0.0821. The van der Waals surface area contributed by atoms with Crippen LogP contribution in [0.4, 0.5) is 0 Å². The van der Waals surface area contributed by atoms with Crippen molar-refractivity contribution >= 4 is 5.97 Å². The van der Waals surface area contributed by atoms with E-state index in [4.69, 9.17) is 10.2 Å². The van der Waals surface area contributed by atoms with Crippen LogP contribution in [0.2, 0.25) is 0 Å². The van der Waals surface area contributed by atoms with E-state index >= 15 is 0 Å². The largest absolute Gasteiger partial charge is 0.462 e. The van der Waals surface area contributed by atoms with E-state index in [0.29, 0.717) is 5.57 Å². The molecule has 0 amide bonds. The normalized spacial score (nSPS) is 11.9. The summed E-state index contributed by atoms with van der Waals surface area (Å²) in [6, 6.07) is 0. The molecule has 0 unspecified atom stereocenters. The van der Waals surface area contributed by atoms with Crippen molar-refractivity contribution in [3.05, 3.63) is 11.6 Å². The van der Waals surface area contributed by atoms with Crippen molar-refractivity contribution in [1.29, 1.82) is 0 Å². The SMILES string of the molecule is CC(=O)OC/C=C(\C)C(O)O. The molecule has 0 aromatic heterocycles. The average Bonchev–Trinajstić information content (AvgIpc) is 1.86. The molecule has 11 heavy (non-hydrogen) atoms. The number of hydrogen-bond acceptors (Lipinski definition) is 4. The van der Waals surface area contributed by atoms with Crippen LogP contribution < -0.4 is 0 Å². The van der Waals surface area contributed by atoms with Gasteiger partial charge >= 0.3 is 5.97 Å². The number of rotatable bonds is 3. The molecule has 0 aliphatic carbocycles. The third-order valence-electron chi connectivity index (χ3n) is 1.10. The Hall–Kier alpha value is -0.870. The standard InChI is InChI=1S/C7H12O4/c1-5(7(9)10)3-4-11-6(2)8/h3,7,9-10H,4H2,1-2H3/b5-3+. The number of hydrogen-bond donors (Lipinski definition) is 2. The number of ether oxygens (including phenoxy) is 1. The predicted octanol–water partition coefficient (Wildman–Crippen LogP) is -0.194. The summed E-state index contributed by atoms with van der Waals surface area (Å²) in [7, 11) is 0. The van der Waals surface area contributed by atoms with Crippen molar-refractivity contribution in [1.82, 2.24) is 0 Å². The highest BCUT2D eigenvalue weighted by molar-refractivity contribution is 5.66. The molecule has 0 saturated carbocycles. The second kappa shape index (κ2) is 4.87. The summed E-state index contributed by atoms with van der Waals surface area (Å²) in [4.78, 5) is 10.2. The van der Waals surface area contributed by atoms with Gasteiger partial charge in [-0.15, -0.1) is 0 Å². The first-order valence-corrected chi connectivity index (χ1v) is 3.20. The highest BCUT2D eigenvalue weighted by Gasteiger charge is 1.98. The Balaban J connectivity index is 3.65. The van der Waals surface area contributed by atoms with E-state index in [1.807, 2.05) is 0 Å². The molecule has 0 radical (unpaired) electrons. The molecule has 0 atom stereocenters. The van der Waals surface area contributed by atoms with E-state index in [1.165, 1.54) is 19.9 Å². The van der Waals surface area contributed by atoms with Crippen molar-refractivity contribution < 1.29 is 19.7 Å². The Labute approximate surface area is 65.1 Å². The Morgan fingerprint density at radius 1 is 1.55 bits per heavy atom. The first-order valence-electron chi connectivity index (χ1n) is 3.20. The highest BCUT2D eigenvalue weighted by Crippen LogP contribution is 1.96. The number of carbonyl (C=O) groups excluding carboxylic acids is 1. The molecule has 4 nitrogen and oxygen atoms in total. The quantitative estimate of drug-likeness (QED) is 0.341. The van der Waals surface area contributed by atoms with Crippen molar-refractivity contribution in [3.63, 3.8) is 0 Å². The molecule has 0 heterocycles. The molecule has 0 spiro atoms. The monoisotopic (exact) mass is 160 g/mol. The molecule has 0 rings (SSSR count). The van der Waals surface area contributed by atoms with Gasteiger partial charge in [-0.2, -0.15) is 0 Å². The van der Waals surface area contributed by atoms with Crippen molar-refractivity contribution in [2.45, 2.75) is 20.1 Å². The lowest BCUT2D eigenvalue weighted by Crippen LogP contribution is -2.07. The molecule has 4 heteroatoms. The zero-order valence-electron chi connectivity index (χ0n) is 6.57. The van der Waals surface area contributed by atoms with Gasteiger partial charge in [0.15, 0.2) is 6.29 Å². The van der Waals surface area contributed by atoms with Gasteiger partial charge in [0, 0.05) is 6.92 Å². The summed E-state index contributed by atoms with van der Waals surface area (Å²) in [5.41, 5.74) is 0.367. The Kier molecular flexibility index (Phi) is 4.49. The van der Waals surface area contributed by atoms with E-state index < -0.39 is 6.29 Å². The number of aliphatic hydroxyl groups is 2. The van der Waals surface area contributed by atoms with Crippen molar-refractivity contribution in [2.75, 3.05) is 6.61 Å². The molecule has 0 bridgehead atoms. The van der Waals surface area contributed by atoms with Gasteiger partial charge in [-0.25, -0.2) is 0 Å². The van der Waals surface area contributed by atoms with Crippen LogP contribution in [0.1, 0.15) is 13.8 Å². The van der Waals surface area contributed by atoms with Gasteiger partial charge in [0.2, 0.25) is 0 Å². The molecule has 0 aliphatic rings. The number of carbonyl (C=O) groups is 1. The van der Waals surface area contributed by atoms with Crippen molar-refractivity contribution in [3.8, 4) is 0 Å². The fourth-order valence-corrected chi connectivity index (χ4v) is 0.396. The lowest BCUT2D eigenvalue weighted by atomic mass is 10.3. The van der Waals surface area contributed by atoms with E-state index in [1.54, 1.807) is 0 Å². The first-order chi connectivity index (χ1) is 5.04. The van der Waals surface area contributed by atoms with Gasteiger partial charge in [0.05, 0.1) is 0 Å². The molecule has 2 N–H and O–H groups in total. The smallest absolute Gasteiger partial charge is 0.302 e. The molecule has 0 aliphatic heterocycles. The summed E-state index contributed by atoms with van der Waals surface area (Å²) in [5, 5.41) is 17.1. The first kappa shape index (κ1) is 10.1. The fourth-order valence-electron chi connectivity index (χ4n) is 0.396. The molecule has 0 saturated heterocycles. The fraction of sp³-hybridized carbons (Fsp3) is 0.571. The van der Waals surface area contributed by atoms with Gasteiger partial charge in [0.1, 0.15) is 6.61 Å². The second-order valence-electron chi connectivity index (χ2n) is 2.12. The van der Waals surface area contributed by atoms with E-state index in [0.717, 1.165) is 0 Å². The summed E-state index contributed by atoms with van der Waals surface area (Å²) in [6.45, 7) is 2.91. The highest BCUT2D eigenvalue weighted by atomic mass is 16.5. The van der Waals surface area contributed by atoms with Crippen LogP contribution in [0.5, 0.6) is 0 Å². The third-order valence-corrected chi connectivity index (χ3v) is 1.10. The lowest BCUT2D eigenvalue weighted by Gasteiger charge is -2.02. The van der Waals surface area contributed by atoms with Crippen LogP contribution >= 0.6 is 0 Å². The van der Waals surface area contributed by atoms with Gasteiger partial charge in [-0.1, -0.05) is 0 Å². The predicted molar refractivity (Wildman–Crippen MR) is 38.6 cm³/mol. The summed E-state index contributed by atoms with van der Waals surface area (Å²) in [5.74, 6) is -0.388. The third kappa shape index (κ3) is 5.57. The minimum atomic E-state index is -1.47. The van der Waals surface area contributed by atoms with Crippen LogP contribution in [-0.4, -0.2) is 29.1 Å². The van der Waals surface area contributed by atoms with Gasteiger partial charge in [0.25, 0.3) is 0 Å². The van der Waals surface area contributed by atoms with Gasteiger partial charge in [-0.3, -0.25) is 4.79 Å². The maximum absolute atomic E-state index is 10.2. The Morgan fingerprint density at radius 3 is 2.45 bits per heavy atom. The van der Waals surface area contributed by atoms with Crippen LogP contribution in [0, 0.1) is 0 Å². The molecule has 0 fully saturated rings. The molecular formula is C7H12O4. The van der Waals surface area contributed by atoms with Gasteiger partial charge in [-0.05, 0) is 18.6 Å². The Bertz CT molecular complexity index is 160. The summed E-state index contributed by atoms with van der Waals surface area (Å²) in [6.07, 6.45) is -0.0305.